The SMILES string of the molecule is Cc1ccc([C@H](C)NC(=O)C2(c3ccccc3)CCOCC2)c(C)c1. The number of hydrogen-bond acceptors (Lipinski definition) is 2. The lowest BCUT2D eigenvalue weighted by atomic mass is 9.73. The molecular weight excluding hydrogens is 310 g/mol. The minimum atomic E-state index is -0.494. The molecule has 1 aliphatic heterocycles. The van der Waals surface area contributed by atoms with Crippen molar-refractivity contribution in [1.82, 2.24) is 5.32 Å². The Balaban J connectivity index is 1.86. The predicted molar refractivity (Wildman–Crippen MR) is 101 cm³/mol. The van der Waals surface area contributed by atoms with Crippen molar-refractivity contribution in [2.24, 2.45) is 0 Å². The highest BCUT2D eigenvalue weighted by Gasteiger charge is 2.42. The summed E-state index contributed by atoms with van der Waals surface area (Å²) in [5.74, 6) is 0.106. The van der Waals surface area contributed by atoms with Crippen molar-refractivity contribution in [3.8, 4) is 0 Å². The molecule has 0 aliphatic carbocycles. The van der Waals surface area contributed by atoms with E-state index in [2.05, 4.69) is 56.4 Å². The summed E-state index contributed by atoms with van der Waals surface area (Å²) < 4.78 is 5.54. The van der Waals surface area contributed by atoms with E-state index in [1.54, 1.807) is 0 Å². The average molecular weight is 337 g/mol. The fraction of sp³-hybridized carbons (Fsp3) is 0.409. The second kappa shape index (κ2) is 7.40. The summed E-state index contributed by atoms with van der Waals surface area (Å²) in [5, 5.41) is 3.27. The van der Waals surface area contributed by atoms with Gasteiger partial charge in [0.15, 0.2) is 0 Å². The van der Waals surface area contributed by atoms with Crippen LogP contribution < -0.4 is 5.32 Å². The Kier molecular flexibility index (Phi) is 5.24. The maximum absolute atomic E-state index is 13.3. The number of benzene rings is 2. The normalized spacial score (nSPS) is 17.7. The summed E-state index contributed by atoms with van der Waals surface area (Å²) >= 11 is 0. The van der Waals surface area contributed by atoms with Crippen LogP contribution >= 0.6 is 0 Å². The molecule has 3 nitrogen and oxygen atoms in total. The summed E-state index contributed by atoms with van der Waals surface area (Å²) in [6, 6.07) is 16.5. The first-order valence-corrected chi connectivity index (χ1v) is 9.04. The lowest BCUT2D eigenvalue weighted by Gasteiger charge is -2.37. The molecule has 2 aromatic carbocycles. The van der Waals surface area contributed by atoms with Crippen LogP contribution in [0.4, 0.5) is 0 Å². The fourth-order valence-electron chi connectivity index (χ4n) is 3.85. The molecule has 0 saturated carbocycles. The predicted octanol–water partition coefficient (Wildman–Crippen LogP) is 4.23. The van der Waals surface area contributed by atoms with Gasteiger partial charge in [0, 0.05) is 13.2 Å². The van der Waals surface area contributed by atoms with Crippen molar-refractivity contribution in [3.63, 3.8) is 0 Å². The highest BCUT2D eigenvalue weighted by molar-refractivity contribution is 5.88. The molecule has 0 radical (unpaired) electrons. The number of hydrogen-bond donors (Lipinski definition) is 1. The van der Waals surface area contributed by atoms with E-state index in [0.29, 0.717) is 13.2 Å². The summed E-state index contributed by atoms with van der Waals surface area (Å²) in [4.78, 5) is 13.3. The van der Waals surface area contributed by atoms with Crippen LogP contribution in [0.25, 0.3) is 0 Å². The zero-order chi connectivity index (χ0) is 17.9. The van der Waals surface area contributed by atoms with E-state index in [1.807, 2.05) is 18.2 Å². The molecule has 0 spiro atoms. The minimum absolute atomic E-state index is 0.0171. The van der Waals surface area contributed by atoms with Gasteiger partial charge in [0.25, 0.3) is 0 Å². The molecule has 1 amide bonds. The Hall–Kier alpha value is -2.13. The Morgan fingerprint density at radius 1 is 1.08 bits per heavy atom. The molecule has 1 N–H and O–H groups in total. The third-order valence-electron chi connectivity index (χ3n) is 5.35. The van der Waals surface area contributed by atoms with Crippen molar-refractivity contribution in [3.05, 3.63) is 70.8 Å². The minimum Gasteiger partial charge on any atom is -0.381 e. The van der Waals surface area contributed by atoms with Crippen molar-refractivity contribution in [2.75, 3.05) is 13.2 Å². The van der Waals surface area contributed by atoms with Crippen molar-refractivity contribution < 1.29 is 9.53 Å². The molecule has 132 valence electrons. The van der Waals surface area contributed by atoms with E-state index in [4.69, 9.17) is 4.74 Å². The number of rotatable bonds is 4. The molecule has 0 unspecified atom stereocenters. The van der Waals surface area contributed by atoms with Gasteiger partial charge in [-0.25, -0.2) is 0 Å². The van der Waals surface area contributed by atoms with Crippen LogP contribution in [0.15, 0.2) is 48.5 Å². The highest BCUT2D eigenvalue weighted by atomic mass is 16.5. The number of nitrogens with one attached hydrogen (secondary N) is 1. The van der Waals surface area contributed by atoms with Crippen LogP contribution in [0.3, 0.4) is 0 Å². The van der Waals surface area contributed by atoms with E-state index in [0.717, 1.165) is 18.4 Å². The topological polar surface area (TPSA) is 38.3 Å². The highest BCUT2D eigenvalue weighted by Crippen LogP contribution is 2.36. The van der Waals surface area contributed by atoms with Gasteiger partial charge in [0.05, 0.1) is 11.5 Å². The number of ether oxygens (including phenoxy) is 1. The van der Waals surface area contributed by atoms with Gasteiger partial charge in [0.1, 0.15) is 0 Å². The molecule has 1 heterocycles. The zero-order valence-electron chi connectivity index (χ0n) is 15.3. The van der Waals surface area contributed by atoms with Crippen molar-refractivity contribution >= 4 is 5.91 Å². The van der Waals surface area contributed by atoms with E-state index in [-0.39, 0.29) is 11.9 Å². The number of carbonyl (C=O) groups is 1. The second-order valence-corrected chi connectivity index (χ2v) is 7.12. The van der Waals surface area contributed by atoms with Gasteiger partial charge in [0.2, 0.25) is 5.91 Å². The molecule has 25 heavy (non-hydrogen) atoms. The van der Waals surface area contributed by atoms with Crippen molar-refractivity contribution in [1.29, 1.82) is 0 Å². The first-order chi connectivity index (χ1) is 12.0. The van der Waals surface area contributed by atoms with Crippen LogP contribution in [0.5, 0.6) is 0 Å². The van der Waals surface area contributed by atoms with Crippen LogP contribution in [0.2, 0.25) is 0 Å². The zero-order valence-corrected chi connectivity index (χ0v) is 15.3. The van der Waals surface area contributed by atoms with E-state index < -0.39 is 5.41 Å². The molecule has 2 aromatic rings. The largest absolute Gasteiger partial charge is 0.381 e. The van der Waals surface area contributed by atoms with E-state index in [1.165, 1.54) is 16.7 Å². The first-order valence-electron chi connectivity index (χ1n) is 9.04. The fourth-order valence-corrected chi connectivity index (χ4v) is 3.85. The number of carbonyl (C=O) groups excluding carboxylic acids is 1. The van der Waals surface area contributed by atoms with Gasteiger partial charge >= 0.3 is 0 Å². The molecular formula is C22H27NO2. The summed E-state index contributed by atoms with van der Waals surface area (Å²) in [7, 11) is 0. The van der Waals surface area contributed by atoms with Gasteiger partial charge in [-0.3, -0.25) is 4.79 Å². The molecule has 0 bridgehead atoms. The maximum atomic E-state index is 13.3. The Bertz CT molecular complexity index is 733. The molecule has 3 heteroatoms. The Morgan fingerprint density at radius 3 is 2.40 bits per heavy atom. The maximum Gasteiger partial charge on any atom is 0.231 e. The quantitative estimate of drug-likeness (QED) is 0.907. The standard InChI is InChI=1S/C22H27NO2/c1-16-9-10-20(17(2)15-16)18(3)23-21(24)22(11-13-25-14-12-22)19-7-5-4-6-8-19/h4-10,15,18H,11-14H2,1-3H3,(H,23,24)/t18-/m0/s1. The van der Waals surface area contributed by atoms with Crippen LogP contribution in [-0.2, 0) is 14.9 Å². The lowest BCUT2D eigenvalue weighted by molar-refractivity contribution is -0.131. The number of amides is 1. The molecule has 1 atom stereocenters. The lowest BCUT2D eigenvalue weighted by Crippen LogP contribution is -2.48. The first kappa shape index (κ1) is 17.7. The molecule has 3 rings (SSSR count). The Labute approximate surface area is 150 Å². The van der Waals surface area contributed by atoms with Gasteiger partial charge in [-0.2, -0.15) is 0 Å². The Morgan fingerprint density at radius 2 is 1.76 bits per heavy atom. The monoisotopic (exact) mass is 337 g/mol. The van der Waals surface area contributed by atoms with Crippen molar-refractivity contribution in [2.45, 2.75) is 45.1 Å². The van der Waals surface area contributed by atoms with Gasteiger partial charge in [-0.15, -0.1) is 0 Å². The summed E-state index contributed by atoms with van der Waals surface area (Å²) in [6.45, 7) is 7.51. The van der Waals surface area contributed by atoms with E-state index in [9.17, 15) is 4.79 Å². The second-order valence-electron chi connectivity index (χ2n) is 7.12. The smallest absolute Gasteiger partial charge is 0.231 e. The molecule has 0 aromatic heterocycles. The summed E-state index contributed by atoms with van der Waals surface area (Å²) in [6.07, 6.45) is 1.45. The number of aryl methyl sites for hydroxylation is 2. The molecule has 1 saturated heterocycles. The third kappa shape index (κ3) is 3.62. The molecule has 1 fully saturated rings. The van der Waals surface area contributed by atoms with Crippen LogP contribution in [0.1, 0.15) is 48.1 Å². The van der Waals surface area contributed by atoms with Gasteiger partial charge in [-0.1, -0.05) is 54.1 Å². The van der Waals surface area contributed by atoms with Crippen LogP contribution in [0, 0.1) is 13.8 Å². The van der Waals surface area contributed by atoms with Gasteiger partial charge < -0.3 is 10.1 Å². The van der Waals surface area contributed by atoms with Gasteiger partial charge in [-0.05, 0) is 50.3 Å². The average Bonchev–Trinajstić information content (AvgIpc) is 2.62. The summed E-state index contributed by atoms with van der Waals surface area (Å²) in [5.41, 5.74) is 4.23. The third-order valence-corrected chi connectivity index (χ3v) is 5.35. The van der Waals surface area contributed by atoms with E-state index >= 15 is 0 Å². The van der Waals surface area contributed by atoms with Crippen LogP contribution in [-0.4, -0.2) is 19.1 Å². The molecule has 1 aliphatic rings.